The molecule has 0 aromatic carbocycles. The minimum absolute atomic E-state index is 0.183. The quantitative estimate of drug-likeness (QED) is 0.611. The predicted octanol–water partition coefficient (Wildman–Crippen LogP) is 0.692. The molecule has 0 fully saturated rings. The first kappa shape index (κ1) is 9.43. The minimum Gasteiger partial charge on any atom is -0.481 e. The zero-order chi connectivity index (χ0) is 8.15. The molecule has 3 heteroatoms. The van der Waals surface area contributed by atoms with Crippen molar-refractivity contribution in [2.45, 2.75) is 20.3 Å². The summed E-state index contributed by atoms with van der Waals surface area (Å²) in [6, 6.07) is 0. The van der Waals surface area contributed by atoms with E-state index in [1.54, 1.807) is 0 Å². The standard InChI is InChI=1S/C7H15NO2/c1-3-5(2)6(4-8)7(9)10/h5-6H,3-4,8H2,1-2H3,(H,9,10)/t5-,6+/m0/s1. The number of carboxylic acids is 1. The van der Waals surface area contributed by atoms with E-state index in [0.29, 0.717) is 0 Å². The van der Waals surface area contributed by atoms with E-state index in [9.17, 15) is 4.79 Å². The van der Waals surface area contributed by atoms with Crippen molar-refractivity contribution < 1.29 is 9.90 Å². The molecule has 0 unspecified atom stereocenters. The van der Waals surface area contributed by atoms with Gasteiger partial charge < -0.3 is 10.8 Å². The van der Waals surface area contributed by atoms with Crippen LogP contribution in [0.2, 0.25) is 0 Å². The van der Waals surface area contributed by atoms with E-state index in [1.165, 1.54) is 0 Å². The lowest BCUT2D eigenvalue weighted by molar-refractivity contribution is -0.143. The molecule has 0 amide bonds. The van der Waals surface area contributed by atoms with Crippen LogP contribution in [-0.4, -0.2) is 17.6 Å². The Morgan fingerprint density at radius 1 is 1.70 bits per heavy atom. The van der Waals surface area contributed by atoms with E-state index in [1.807, 2.05) is 13.8 Å². The summed E-state index contributed by atoms with van der Waals surface area (Å²) in [4.78, 5) is 10.5. The molecule has 0 saturated carbocycles. The van der Waals surface area contributed by atoms with Gasteiger partial charge in [-0.05, 0) is 5.92 Å². The van der Waals surface area contributed by atoms with Crippen LogP contribution in [0.25, 0.3) is 0 Å². The molecule has 0 spiro atoms. The van der Waals surface area contributed by atoms with Gasteiger partial charge in [0, 0.05) is 6.54 Å². The SMILES string of the molecule is CC[C@H](C)[C@@H](CN)C(=O)O. The molecule has 0 aliphatic heterocycles. The first-order valence-corrected chi connectivity index (χ1v) is 3.56. The monoisotopic (exact) mass is 145 g/mol. The summed E-state index contributed by atoms with van der Waals surface area (Å²) in [5.41, 5.74) is 5.27. The summed E-state index contributed by atoms with van der Waals surface area (Å²) in [6.45, 7) is 4.12. The fourth-order valence-electron chi connectivity index (χ4n) is 0.861. The molecule has 3 N–H and O–H groups in total. The molecule has 2 atom stereocenters. The van der Waals surface area contributed by atoms with Gasteiger partial charge in [-0.2, -0.15) is 0 Å². The van der Waals surface area contributed by atoms with Crippen molar-refractivity contribution in [1.82, 2.24) is 0 Å². The molecule has 0 radical (unpaired) electrons. The Balaban J connectivity index is 3.92. The molecule has 0 saturated heterocycles. The molecule has 0 rings (SSSR count). The predicted molar refractivity (Wildman–Crippen MR) is 39.6 cm³/mol. The fourth-order valence-corrected chi connectivity index (χ4v) is 0.861. The van der Waals surface area contributed by atoms with Crippen molar-refractivity contribution in [2.75, 3.05) is 6.54 Å². The van der Waals surface area contributed by atoms with Crippen molar-refractivity contribution in [3.8, 4) is 0 Å². The average Bonchev–Trinajstić information content (AvgIpc) is 1.88. The molecule has 0 aromatic rings. The molecule has 0 aliphatic rings. The second kappa shape index (κ2) is 4.28. The summed E-state index contributed by atoms with van der Waals surface area (Å²) in [5, 5.41) is 8.59. The zero-order valence-electron chi connectivity index (χ0n) is 6.50. The van der Waals surface area contributed by atoms with Gasteiger partial charge in [-0.1, -0.05) is 20.3 Å². The summed E-state index contributed by atoms with van der Waals surface area (Å²) in [5.74, 6) is -0.968. The van der Waals surface area contributed by atoms with Crippen molar-refractivity contribution >= 4 is 5.97 Å². The highest BCUT2D eigenvalue weighted by Gasteiger charge is 2.20. The van der Waals surface area contributed by atoms with Crippen LogP contribution in [0.1, 0.15) is 20.3 Å². The smallest absolute Gasteiger partial charge is 0.308 e. The van der Waals surface area contributed by atoms with Crippen LogP contribution < -0.4 is 5.73 Å². The third-order valence-corrected chi connectivity index (χ3v) is 1.90. The van der Waals surface area contributed by atoms with E-state index >= 15 is 0 Å². The van der Waals surface area contributed by atoms with Gasteiger partial charge in [0.25, 0.3) is 0 Å². The van der Waals surface area contributed by atoms with Gasteiger partial charge in [0.15, 0.2) is 0 Å². The molecule has 0 aromatic heterocycles. The number of hydrogen-bond donors (Lipinski definition) is 2. The summed E-state index contributed by atoms with van der Waals surface area (Å²) in [6.07, 6.45) is 0.869. The van der Waals surface area contributed by atoms with Gasteiger partial charge in [-0.3, -0.25) is 4.79 Å². The van der Waals surface area contributed by atoms with E-state index in [0.717, 1.165) is 6.42 Å². The molecular formula is C7H15NO2. The Morgan fingerprint density at radius 3 is 2.30 bits per heavy atom. The van der Waals surface area contributed by atoms with Crippen LogP contribution in [0.5, 0.6) is 0 Å². The van der Waals surface area contributed by atoms with Gasteiger partial charge >= 0.3 is 5.97 Å². The number of nitrogens with two attached hydrogens (primary N) is 1. The highest BCUT2D eigenvalue weighted by molar-refractivity contribution is 5.70. The van der Waals surface area contributed by atoms with Crippen LogP contribution in [0.3, 0.4) is 0 Å². The number of carboxylic acid groups (broad SMARTS) is 1. The van der Waals surface area contributed by atoms with Crippen LogP contribution in [0.15, 0.2) is 0 Å². The first-order chi connectivity index (χ1) is 4.63. The lowest BCUT2D eigenvalue weighted by Crippen LogP contribution is -2.28. The summed E-state index contributed by atoms with van der Waals surface area (Å²) in [7, 11) is 0. The maximum atomic E-state index is 10.5. The van der Waals surface area contributed by atoms with Gasteiger partial charge in [0.05, 0.1) is 5.92 Å². The Hall–Kier alpha value is -0.570. The Labute approximate surface area is 61.2 Å². The maximum absolute atomic E-state index is 10.5. The van der Waals surface area contributed by atoms with Crippen molar-refractivity contribution in [3.63, 3.8) is 0 Å². The van der Waals surface area contributed by atoms with Gasteiger partial charge in [-0.25, -0.2) is 0 Å². The Bertz CT molecular complexity index is 114. The minimum atomic E-state index is -0.781. The average molecular weight is 145 g/mol. The van der Waals surface area contributed by atoms with Crippen LogP contribution >= 0.6 is 0 Å². The third kappa shape index (κ3) is 2.35. The third-order valence-electron chi connectivity index (χ3n) is 1.90. The van der Waals surface area contributed by atoms with E-state index in [-0.39, 0.29) is 18.4 Å². The second-order valence-electron chi connectivity index (χ2n) is 2.57. The number of rotatable bonds is 4. The molecule has 0 heterocycles. The van der Waals surface area contributed by atoms with E-state index in [2.05, 4.69) is 0 Å². The lowest BCUT2D eigenvalue weighted by Gasteiger charge is -2.15. The number of carbonyl (C=O) groups is 1. The van der Waals surface area contributed by atoms with E-state index in [4.69, 9.17) is 10.8 Å². The molecule has 0 bridgehead atoms. The van der Waals surface area contributed by atoms with Crippen LogP contribution in [0.4, 0.5) is 0 Å². The Kier molecular flexibility index (Phi) is 4.03. The van der Waals surface area contributed by atoms with Crippen molar-refractivity contribution in [2.24, 2.45) is 17.6 Å². The highest BCUT2D eigenvalue weighted by atomic mass is 16.4. The molecular weight excluding hydrogens is 130 g/mol. The second-order valence-corrected chi connectivity index (χ2v) is 2.57. The Morgan fingerprint density at radius 2 is 2.20 bits per heavy atom. The highest BCUT2D eigenvalue weighted by Crippen LogP contribution is 2.13. The van der Waals surface area contributed by atoms with Crippen LogP contribution in [-0.2, 0) is 4.79 Å². The molecule has 0 aliphatic carbocycles. The van der Waals surface area contributed by atoms with Crippen molar-refractivity contribution in [3.05, 3.63) is 0 Å². The lowest BCUT2D eigenvalue weighted by atomic mass is 9.92. The molecule has 60 valence electrons. The summed E-state index contributed by atoms with van der Waals surface area (Å²) >= 11 is 0. The maximum Gasteiger partial charge on any atom is 0.308 e. The van der Waals surface area contributed by atoms with E-state index < -0.39 is 5.97 Å². The largest absolute Gasteiger partial charge is 0.481 e. The zero-order valence-corrected chi connectivity index (χ0v) is 6.50. The number of aliphatic carboxylic acids is 1. The van der Waals surface area contributed by atoms with Gasteiger partial charge in [-0.15, -0.1) is 0 Å². The summed E-state index contributed by atoms with van der Waals surface area (Å²) < 4.78 is 0. The molecule has 10 heavy (non-hydrogen) atoms. The fraction of sp³-hybridized carbons (Fsp3) is 0.857. The van der Waals surface area contributed by atoms with Gasteiger partial charge in [0.2, 0.25) is 0 Å². The van der Waals surface area contributed by atoms with Gasteiger partial charge in [0.1, 0.15) is 0 Å². The topological polar surface area (TPSA) is 63.3 Å². The number of hydrogen-bond acceptors (Lipinski definition) is 2. The van der Waals surface area contributed by atoms with Crippen molar-refractivity contribution in [1.29, 1.82) is 0 Å². The van der Waals surface area contributed by atoms with Crippen LogP contribution in [0, 0.1) is 11.8 Å². The first-order valence-electron chi connectivity index (χ1n) is 3.56. The normalized spacial score (nSPS) is 16.3. The molecule has 3 nitrogen and oxygen atoms in total.